The summed E-state index contributed by atoms with van der Waals surface area (Å²) in [5.74, 6) is 1.16. The van der Waals surface area contributed by atoms with E-state index in [1.807, 2.05) is 49.4 Å². The van der Waals surface area contributed by atoms with E-state index >= 15 is 0 Å². The lowest BCUT2D eigenvalue weighted by Gasteiger charge is -2.11. The van der Waals surface area contributed by atoms with Gasteiger partial charge in [-0.3, -0.25) is 4.79 Å². The van der Waals surface area contributed by atoms with Crippen molar-refractivity contribution in [2.45, 2.75) is 6.92 Å². The number of aromatic amines is 1. The van der Waals surface area contributed by atoms with Crippen LogP contribution in [-0.4, -0.2) is 19.2 Å². The number of hydrogen-bond donors (Lipinski definition) is 1. The quantitative estimate of drug-likeness (QED) is 0.777. The van der Waals surface area contributed by atoms with Crippen molar-refractivity contribution in [2.24, 2.45) is 0 Å². The molecule has 0 unspecified atom stereocenters. The Bertz CT molecular complexity index is 1040. The Morgan fingerprint density at radius 2 is 1.58 bits per heavy atom. The van der Waals surface area contributed by atoms with E-state index < -0.39 is 5.56 Å². The highest BCUT2D eigenvalue weighted by Gasteiger charge is 2.14. The van der Waals surface area contributed by atoms with E-state index in [0.717, 1.165) is 16.7 Å². The zero-order chi connectivity index (χ0) is 18.7. The van der Waals surface area contributed by atoms with Crippen molar-refractivity contribution in [2.75, 3.05) is 14.2 Å². The first-order valence-corrected chi connectivity index (χ1v) is 8.04. The predicted octanol–water partition coefficient (Wildman–Crippen LogP) is 3.91. The summed E-state index contributed by atoms with van der Waals surface area (Å²) in [4.78, 5) is 15.2. The van der Waals surface area contributed by atoms with Crippen LogP contribution in [0, 0.1) is 18.3 Å². The maximum absolute atomic E-state index is 12.4. The second-order valence-corrected chi connectivity index (χ2v) is 5.85. The molecule has 26 heavy (non-hydrogen) atoms. The maximum atomic E-state index is 12.4. The van der Waals surface area contributed by atoms with Crippen LogP contribution < -0.4 is 15.0 Å². The SMILES string of the molecule is COc1ccc(-c2cc(-c3ccc(C)cc3)c(C#N)c(=O)[nH]2)cc1OC. The van der Waals surface area contributed by atoms with Gasteiger partial charge in [0.15, 0.2) is 11.5 Å². The Balaban J connectivity index is 2.20. The Hall–Kier alpha value is -3.52. The van der Waals surface area contributed by atoms with E-state index in [0.29, 0.717) is 22.8 Å². The fourth-order valence-corrected chi connectivity index (χ4v) is 2.79. The smallest absolute Gasteiger partial charge is 0.266 e. The minimum Gasteiger partial charge on any atom is -0.493 e. The highest BCUT2D eigenvalue weighted by molar-refractivity contribution is 5.76. The van der Waals surface area contributed by atoms with Gasteiger partial charge >= 0.3 is 0 Å². The lowest BCUT2D eigenvalue weighted by Crippen LogP contribution is -2.12. The summed E-state index contributed by atoms with van der Waals surface area (Å²) in [5, 5.41) is 9.42. The molecule has 0 bridgehead atoms. The number of nitrogens with one attached hydrogen (secondary N) is 1. The summed E-state index contributed by atoms with van der Waals surface area (Å²) in [6.45, 7) is 1.99. The van der Waals surface area contributed by atoms with Gasteiger partial charge in [0.1, 0.15) is 11.6 Å². The van der Waals surface area contributed by atoms with Gasteiger partial charge in [-0.25, -0.2) is 0 Å². The summed E-state index contributed by atoms with van der Waals surface area (Å²) in [5.41, 5.74) is 3.56. The van der Waals surface area contributed by atoms with Gasteiger partial charge in [-0.15, -0.1) is 0 Å². The molecule has 2 aromatic carbocycles. The van der Waals surface area contributed by atoms with Crippen LogP contribution in [0.4, 0.5) is 0 Å². The zero-order valence-electron chi connectivity index (χ0n) is 14.8. The molecule has 0 radical (unpaired) electrons. The molecule has 1 heterocycles. The number of nitriles is 1. The fraction of sp³-hybridized carbons (Fsp3) is 0.143. The first kappa shape index (κ1) is 17.3. The molecular weight excluding hydrogens is 328 g/mol. The molecule has 0 aliphatic carbocycles. The standard InChI is InChI=1S/C21H18N2O3/c1-13-4-6-14(7-5-13)16-11-18(23-21(24)17(16)12-22)15-8-9-19(25-2)20(10-15)26-3/h4-11H,1-3H3,(H,23,24). The Morgan fingerprint density at radius 3 is 2.19 bits per heavy atom. The second kappa shape index (κ2) is 7.16. The van der Waals surface area contributed by atoms with Crippen LogP contribution in [0.25, 0.3) is 22.4 Å². The van der Waals surface area contributed by atoms with Crippen LogP contribution >= 0.6 is 0 Å². The van der Waals surface area contributed by atoms with Gasteiger partial charge in [0.05, 0.1) is 14.2 Å². The van der Waals surface area contributed by atoms with Crippen molar-refractivity contribution >= 4 is 0 Å². The predicted molar refractivity (Wildman–Crippen MR) is 100 cm³/mol. The molecule has 0 amide bonds. The summed E-state index contributed by atoms with van der Waals surface area (Å²) in [6, 6.07) is 16.9. The molecule has 0 atom stereocenters. The summed E-state index contributed by atoms with van der Waals surface area (Å²) >= 11 is 0. The largest absolute Gasteiger partial charge is 0.493 e. The molecule has 5 nitrogen and oxygen atoms in total. The first-order valence-electron chi connectivity index (χ1n) is 8.04. The van der Waals surface area contributed by atoms with E-state index in [4.69, 9.17) is 9.47 Å². The number of rotatable bonds is 4. The molecule has 0 saturated heterocycles. The van der Waals surface area contributed by atoms with Crippen molar-refractivity contribution in [3.8, 4) is 40.0 Å². The second-order valence-electron chi connectivity index (χ2n) is 5.85. The number of ether oxygens (including phenoxy) is 2. The summed E-state index contributed by atoms with van der Waals surface area (Å²) in [7, 11) is 3.12. The average Bonchev–Trinajstić information content (AvgIpc) is 2.67. The third-order valence-electron chi connectivity index (χ3n) is 4.20. The minimum atomic E-state index is -0.421. The van der Waals surface area contributed by atoms with Gasteiger partial charge in [0.2, 0.25) is 0 Å². The van der Waals surface area contributed by atoms with Gasteiger partial charge in [-0.05, 0) is 36.8 Å². The molecule has 3 aromatic rings. The number of hydrogen-bond acceptors (Lipinski definition) is 4. The average molecular weight is 346 g/mol. The maximum Gasteiger partial charge on any atom is 0.266 e. The Kier molecular flexibility index (Phi) is 4.76. The van der Waals surface area contributed by atoms with Gasteiger partial charge in [0.25, 0.3) is 5.56 Å². The molecule has 3 rings (SSSR count). The van der Waals surface area contributed by atoms with Crippen LogP contribution in [0.2, 0.25) is 0 Å². The van der Waals surface area contributed by atoms with Crippen LogP contribution in [0.1, 0.15) is 11.1 Å². The van der Waals surface area contributed by atoms with E-state index in [-0.39, 0.29) is 5.56 Å². The molecular formula is C21H18N2O3. The van der Waals surface area contributed by atoms with E-state index in [9.17, 15) is 10.1 Å². The number of H-pyrrole nitrogens is 1. The van der Waals surface area contributed by atoms with Crippen molar-refractivity contribution in [1.82, 2.24) is 4.98 Å². The zero-order valence-corrected chi connectivity index (χ0v) is 14.8. The lowest BCUT2D eigenvalue weighted by atomic mass is 9.98. The molecule has 0 saturated carbocycles. The number of nitrogens with zero attached hydrogens (tertiary/aromatic N) is 1. The first-order chi connectivity index (χ1) is 12.6. The van der Waals surface area contributed by atoms with Gasteiger partial charge in [-0.2, -0.15) is 5.26 Å². The van der Waals surface area contributed by atoms with Crippen molar-refractivity contribution in [3.05, 3.63) is 70.0 Å². The minimum absolute atomic E-state index is 0.0954. The number of aryl methyl sites for hydroxylation is 1. The summed E-state index contributed by atoms with van der Waals surface area (Å²) in [6.07, 6.45) is 0. The molecule has 130 valence electrons. The van der Waals surface area contributed by atoms with Crippen molar-refractivity contribution in [1.29, 1.82) is 5.26 Å². The molecule has 0 aliphatic heterocycles. The number of pyridine rings is 1. The third kappa shape index (κ3) is 3.17. The van der Waals surface area contributed by atoms with Crippen molar-refractivity contribution < 1.29 is 9.47 Å². The topological polar surface area (TPSA) is 75.1 Å². The van der Waals surface area contributed by atoms with Crippen molar-refractivity contribution in [3.63, 3.8) is 0 Å². The molecule has 0 aliphatic rings. The number of benzene rings is 2. The monoisotopic (exact) mass is 346 g/mol. The number of aromatic nitrogens is 1. The highest BCUT2D eigenvalue weighted by Crippen LogP contribution is 2.33. The Labute approximate surface area is 151 Å². The molecule has 1 N–H and O–H groups in total. The van der Waals surface area contributed by atoms with Crippen LogP contribution in [0.15, 0.2) is 53.3 Å². The normalized spacial score (nSPS) is 10.2. The fourth-order valence-electron chi connectivity index (χ4n) is 2.79. The van der Waals surface area contributed by atoms with Gasteiger partial charge in [0, 0.05) is 16.8 Å². The van der Waals surface area contributed by atoms with Gasteiger partial charge in [-0.1, -0.05) is 29.8 Å². The van der Waals surface area contributed by atoms with Crippen LogP contribution in [-0.2, 0) is 0 Å². The van der Waals surface area contributed by atoms with Crippen LogP contribution in [0.5, 0.6) is 11.5 Å². The molecule has 0 spiro atoms. The molecule has 1 aromatic heterocycles. The third-order valence-corrected chi connectivity index (χ3v) is 4.20. The molecule has 0 fully saturated rings. The Morgan fingerprint density at radius 1 is 0.923 bits per heavy atom. The van der Waals surface area contributed by atoms with E-state index in [1.54, 1.807) is 26.4 Å². The van der Waals surface area contributed by atoms with Gasteiger partial charge < -0.3 is 14.5 Å². The van der Waals surface area contributed by atoms with E-state index in [2.05, 4.69) is 4.98 Å². The summed E-state index contributed by atoms with van der Waals surface area (Å²) < 4.78 is 10.6. The van der Waals surface area contributed by atoms with E-state index in [1.165, 1.54) is 0 Å². The number of methoxy groups -OCH3 is 2. The highest BCUT2D eigenvalue weighted by atomic mass is 16.5. The van der Waals surface area contributed by atoms with Crippen LogP contribution in [0.3, 0.4) is 0 Å². The molecule has 5 heteroatoms. The lowest BCUT2D eigenvalue weighted by molar-refractivity contribution is 0.355.